The molecule has 19 heavy (non-hydrogen) atoms. The molecule has 0 amide bonds. The molecule has 3 N–H and O–H groups in total. The molecule has 0 unspecified atom stereocenters. The van der Waals surface area contributed by atoms with Gasteiger partial charge in [-0.15, -0.1) is 0 Å². The van der Waals surface area contributed by atoms with Gasteiger partial charge in [0, 0.05) is 25.8 Å². The van der Waals surface area contributed by atoms with Gasteiger partial charge in [0.1, 0.15) is 4.90 Å². The lowest BCUT2D eigenvalue weighted by Crippen LogP contribution is -2.39. The first-order chi connectivity index (χ1) is 9.04. The molecule has 0 radical (unpaired) electrons. The van der Waals surface area contributed by atoms with Gasteiger partial charge in [-0.05, 0) is 26.8 Å². The summed E-state index contributed by atoms with van der Waals surface area (Å²) in [6.07, 6.45) is 1.41. The molecule has 2 heterocycles. The van der Waals surface area contributed by atoms with Crippen molar-refractivity contribution in [2.75, 3.05) is 20.3 Å². The molecule has 0 atom stereocenters. The number of hydrogen-bond donors (Lipinski definition) is 3. The highest BCUT2D eigenvalue weighted by Gasteiger charge is 2.27. The molecule has 1 saturated heterocycles. The van der Waals surface area contributed by atoms with Crippen LogP contribution in [0.1, 0.15) is 24.2 Å². The Balaban J connectivity index is 2.20. The molecule has 1 aromatic heterocycles. The fourth-order valence-corrected chi connectivity index (χ4v) is 3.88. The van der Waals surface area contributed by atoms with Gasteiger partial charge >= 0.3 is 0 Å². The van der Waals surface area contributed by atoms with E-state index in [1.54, 1.807) is 14.0 Å². The molecular formula is C11H20N4O3S. The molecule has 1 aliphatic rings. The third-order valence-electron chi connectivity index (χ3n) is 3.12. The summed E-state index contributed by atoms with van der Waals surface area (Å²) >= 11 is 0. The van der Waals surface area contributed by atoms with Crippen LogP contribution in [0.2, 0.25) is 0 Å². The quantitative estimate of drug-likeness (QED) is 0.703. The first-order valence-electron chi connectivity index (χ1n) is 6.33. The predicted molar refractivity (Wildman–Crippen MR) is 70.3 cm³/mol. The number of hydrogen-bond acceptors (Lipinski definition) is 5. The third-order valence-corrected chi connectivity index (χ3v) is 4.84. The molecule has 1 aromatic rings. The number of nitrogens with zero attached hydrogens (tertiary/aromatic N) is 1. The van der Waals surface area contributed by atoms with Crippen molar-refractivity contribution in [3.63, 3.8) is 0 Å². The smallest absolute Gasteiger partial charge is 0.244 e. The maximum atomic E-state index is 12.4. The lowest BCUT2D eigenvalue weighted by molar-refractivity contribution is 0.0832. The van der Waals surface area contributed by atoms with Crippen molar-refractivity contribution in [1.82, 2.24) is 20.2 Å². The number of rotatable bonds is 5. The van der Waals surface area contributed by atoms with E-state index < -0.39 is 10.0 Å². The van der Waals surface area contributed by atoms with E-state index in [1.165, 1.54) is 0 Å². The Morgan fingerprint density at radius 3 is 2.74 bits per heavy atom. The molecule has 8 heteroatoms. The van der Waals surface area contributed by atoms with Crippen LogP contribution in [0, 0.1) is 6.92 Å². The summed E-state index contributed by atoms with van der Waals surface area (Å²) < 4.78 is 32.8. The Morgan fingerprint density at radius 1 is 1.42 bits per heavy atom. The number of H-pyrrole nitrogens is 1. The fraction of sp³-hybridized carbons (Fsp3) is 0.727. The summed E-state index contributed by atoms with van der Waals surface area (Å²) in [5.74, 6) is 0. The van der Waals surface area contributed by atoms with Crippen LogP contribution in [0.4, 0.5) is 0 Å². The summed E-state index contributed by atoms with van der Waals surface area (Å²) in [4.78, 5) is 0.258. The Morgan fingerprint density at radius 2 is 2.11 bits per heavy atom. The highest BCUT2D eigenvalue weighted by molar-refractivity contribution is 7.89. The molecule has 7 nitrogen and oxygen atoms in total. The van der Waals surface area contributed by atoms with Gasteiger partial charge in [0.25, 0.3) is 0 Å². The van der Waals surface area contributed by atoms with Gasteiger partial charge in [0.2, 0.25) is 10.0 Å². The second-order valence-corrected chi connectivity index (χ2v) is 6.31. The summed E-state index contributed by atoms with van der Waals surface area (Å²) in [5, 5.41) is 9.68. The number of aromatic amines is 1. The minimum absolute atomic E-state index is 0.0597. The average Bonchev–Trinajstić information content (AvgIpc) is 2.72. The zero-order valence-corrected chi connectivity index (χ0v) is 12.0. The van der Waals surface area contributed by atoms with Crippen LogP contribution in [0.15, 0.2) is 4.90 Å². The van der Waals surface area contributed by atoms with Crippen LogP contribution in [-0.2, 0) is 21.3 Å². The minimum atomic E-state index is -3.54. The lowest BCUT2D eigenvalue weighted by atomic mass is 10.1. The SMILES string of the molecule is CNCc1n[nH]c(C)c1S(=O)(=O)NC1CCOCC1. The van der Waals surface area contributed by atoms with E-state index in [0.717, 1.165) is 0 Å². The Bertz CT molecular complexity index is 520. The molecule has 0 saturated carbocycles. The predicted octanol–water partition coefficient (Wildman–Crippen LogP) is -0.105. The fourth-order valence-electron chi connectivity index (χ4n) is 2.21. The topological polar surface area (TPSA) is 96.1 Å². The van der Waals surface area contributed by atoms with Crippen LogP contribution in [0.5, 0.6) is 0 Å². The van der Waals surface area contributed by atoms with E-state index in [1.807, 2.05) is 0 Å². The van der Waals surface area contributed by atoms with Crippen LogP contribution in [0.3, 0.4) is 0 Å². The number of aromatic nitrogens is 2. The van der Waals surface area contributed by atoms with Gasteiger partial charge in [-0.25, -0.2) is 13.1 Å². The van der Waals surface area contributed by atoms with Crippen molar-refractivity contribution in [3.05, 3.63) is 11.4 Å². The zero-order valence-electron chi connectivity index (χ0n) is 11.2. The lowest BCUT2D eigenvalue weighted by Gasteiger charge is -2.23. The molecule has 0 bridgehead atoms. The van der Waals surface area contributed by atoms with Crippen molar-refractivity contribution in [2.45, 2.75) is 37.2 Å². The second kappa shape index (κ2) is 6.00. The van der Waals surface area contributed by atoms with Gasteiger partial charge < -0.3 is 10.1 Å². The van der Waals surface area contributed by atoms with Crippen molar-refractivity contribution >= 4 is 10.0 Å². The van der Waals surface area contributed by atoms with Gasteiger partial charge in [-0.1, -0.05) is 0 Å². The average molecular weight is 288 g/mol. The van der Waals surface area contributed by atoms with Crippen LogP contribution >= 0.6 is 0 Å². The maximum absolute atomic E-state index is 12.4. The number of aryl methyl sites for hydroxylation is 1. The van der Waals surface area contributed by atoms with Gasteiger partial charge in [0.05, 0.1) is 11.4 Å². The van der Waals surface area contributed by atoms with Crippen molar-refractivity contribution < 1.29 is 13.2 Å². The summed E-state index contributed by atoms with van der Waals surface area (Å²) in [7, 11) is -1.78. The van der Waals surface area contributed by atoms with Crippen molar-refractivity contribution in [3.8, 4) is 0 Å². The van der Waals surface area contributed by atoms with Crippen molar-refractivity contribution in [2.24, 2.45) is 0 Å². The van der Waals surface area contributed by atoms with Gasteiger partial charge in [0.15, 0.2) is 0 Å². The summed E-state index contributed by atoms with van der Waals surface area (Å²) in [6, 6.07) is -0.0597. The molecule has 0 spiro atoms. The monoisotopic (exact) mass is 288 g/mol. The molecule has 1 aliphatic heterocycles. The van der Waals surface area contributed by atoms with Gasteiger partial charge in [-0.3, -0.25) is 5.10 Å². The first kappa shape index (κ1) is 14.4. The minimum Gasteiger partial charge on any atom is -0.381 e. The van der Waals surface area contributed by atoms with Gasteiger partial charge in [-0.2, -0.15) is 5.10 Å². The molecule has 108 valence electrons. The number of sulfonamides is 1. The van der Waals surface area contributed by atoms with E-state index in [2.05, 4.69) is 20.2 Å². The second-order valence-electron chi connectivity index (χ2n) is 4.66. The Kier molecular flexibility index (Phi) is 4.56. The summed E-state index contributed by atoms with van der Waals surface area (Å²) in [6.45, 7) is 3.32. The highest BCUT2D eigenvalue weighted by Crippen LogP contribution is 2.19. The molecular weight excluding hydrogens is 268 g/mol. The summed E-state index contributed by atoms with van der Waals surface area (Å²) in [5.41, 5.74) is 1.07. The van der Waals surface area contributed by atoms with Crippen LogP contribution < -0.4 is 10.0 Å². The highest BCUT2D eigenvalue weighted by atomic mass is 32.2. The normalized spacial score (nSPS) is 17.8. The maximum Gasteiger partial charge on any atom is 0.244 e. The molecule has 2 rings (SSSR count). The Labute approximate surface area is 113 Å². The Hall–Kier alpha value is -0.960. The molecule has 1 fully saturated rings. The van der Waals surface area contributed by atoms with E-state index in [4.69, 9.17) is 4.74 Å². The largest absolute Gasteiger partial charge is 0.381 e. The van der Waals surface area contributed by atoms with Crippen molar-refractivity contribution in [1.29, 1.82) is 0 Å². The number of nitrogens with one attached hydrogen (secondary N) is 3. The van der Waals surface area contributed by atoms with E-state index in [-0.39, 0.29) is 10.9 Å². The van der Waals surface area contributed by atoms with E-state index >= 15 is 0 Å². The zero-order chi connectivity index (χ0) is 13.9. The standard InChI is InChI=1S/C11H20N4O3S/c1-8-11(10(7-12-2)14-13-8)19(16,17)15-9-3-5-18-6-4-9/h9,12,15H,3-7H2,1-2H3,(H,13,14). The van der Waals surface area contributed by atoms with Crippen LogP contribution in [-0.4, -0.2) is 44.9 Å². The first-order valence-corrected chi connectivity index (χ1v) is 7.81. The molecule has 0 aliphatic carbocycles. The van der Waals surface area contributed by atoms with E-state index in [9.17, 15) is 8.42 Å². The van der Waals surface area contributed by atoms with Crippen LogP contribution in [0.25, 0.3) is 0 Å². The number of ether oxygens (including phenoxy) is 1. The van der Waals surface area contributed by atoms with E-state index in [0.29, 0.717) is 44.0 Å². The third kappa shape index (κ3) is 3.33. The molecule has 0 aromatic carbocycles.